The van der Waals surface area contributed by atoms with Crippen LogP contribution in [0.2, 0.25) is 0 Å². The van der Waals surface area contributed by atoms with Crippen LogP contribution >= 0.6 is 0 Å². The molecular weight excluding hydrogens is 352 g/mol. The molecule has 28 heavy (non-hydrogen) atoms. The normalized spacial score (nSPS) is 13.6. The monoisotopic (exact) mass is 374 g/mol. The van der Waals surface area contributed by atoms with Crippen LogP contribution < -0.4 is 4.74 Å². The van der Waals surface area contributed by atoms with Crippen molar-refractivity contribution in [2.45, 2.75) is 19.8 Å². The minimum atomic E-state index is -0.0379. The zero-order valence-corrected chi connectivity index (χ0v) is 16.1. The number of benzene rings is 1. The maximum atomic E-state index is 12.8. The highest BCUT2D eigenvalue weighted by Crippen LogP contribution is 2.28. The fourth-order valence-electron chi connectivity index (χ4n) is 3.56. The second-order valence-corrected chi connectivity index (χ2v) is 6.78. The Kier molecular flexibility index (Phi) is 5.02. The van der Waals surface area contributed by atoms with Gasteiger partial charge in [-0.2, -0.15) is 0 Å². The summed E-state index contributed by atoms with van der Waals surface area (Å²) in [6.07, 6.45) is 3.08. The van der Waals surface area contributed by atoms with E-state index in [-0.39, 0.29) is 5.91 Å². The van der Waals surface area contributed by atoms with Crippen LogP contribution in [0.4, 0.5) is 0 Å². The van der Waals surface area contributed by atoms with Gasteiger partial charge in [0.05, 0.1) is 12.8 Å². The van der Waals surface area contributed by atoms with Crippen molar-refractivity contribution in [3.63, 3.8) is 0 Å². The number of hydrogen-bond acceptors (Lipinski definition) is 5. The summed E-state index contributed by atoms with van der Waals surface area (Å²) in [6.45, 7) is 3.16. The number of methoxy groups -OCH3 is 1. The maximum absolute atomic E-state index is 12.8. The molecular formula is C22H22N4O2. The van der Waals surface area contributed by atoms with Crippen molar-refractivity contribution < 1.29 is 9.53 Å². The van der Waals surface area contributed by atoms with Gasteiger partial charge in [-0.05, 0) is 49.7 Å². The molecule has 0 radical (unpaired) electrons. The average Bonchev–Trinajstić information content (AvgIpc) is 2.96. The van der Waals surface area contributed by atoms with Crippen LogP contribution in [-0.4, -0.2) is 46.0 Å². The molecule has 0 saturated heterocycles. The number of aryl methyl sites for hydroxylation is 1. The van der Waals surface area contributed by atoms with Crippen molar-refractivity contribution in [2.24, 2.45) is 0 Å². The number of fused-ring (bicyclic) bond motifs is 1. The van der Waals surface area contributed by atoms with E-state index in [1.54, 1.807) is 19.4 Å². The molecule has 0 atom stereocenters. The average molecular weight is 374 g/mol. The van der Waals surface area contributed by atoms with Crippen LogP contribution in [-0.2, 0) is 12.8 Å². The van der Waals surface area contributed by atoms with Gasteiger partial charge in [0.1, 0.15) is 17.3 Å². The molecule has 0 unspecified atom stereocenters. The van der Waals surface area contributed by atoms with Gasteiger partial charge in [-0.3, -0.25) is 9.78 Å². The fourth-order valence-corrected chi connectivity index (χ4v) is 3.56. The van der Waals surface area contributed by atoms with Crippen LogP contribution in [0, 0.1) is 6.92 Å². The minimum absolute atomic E-state index is 0.0379. The molecule has 1 aliphatic rings. The fraction of sp³-hybridized carbons (Fsp3) is 0.273. The standard InChI is InChI=1S/C22H22N4O2/c1-15-24-19-11-14-26(22(27)20-5-3-4-12-23-20)13-10-18(19)21(25-15)16-6-8-17(28-2)9-7-16/h3-9,12H,10-11,13-14H2,1-2H3. The number of nitrogens with zero attached hydrogens (tertiary/aromatic N) is 4. The molecule has 142 valence electrons. The Balaban J connectivity index is 1.64. The zero-order chi connectivity index (χ0) is 19.5. The first-order valence-electron chi connectivity index (χ1n) is 9.37. The summed E-state index contributed by atoms with van der Waals surface area (Å²) < 4.78 is 5.26. The summed E-state index contributed by atoms with van der Waals surface area (Å²) in [4.78, 5) is 28.3. The molecule has 0 bridgehead atoms. The van der Waals surface area contributed by atoms with Gasteiger partial charge in [-0.15, -0.1) is 0 Å². The van der Waals surface area contributed by atoms with E-state index in [1.165, 1.54) is 0 Å². The predicted octanol–water partition coefficient (Wildman–Crippen LogP) is 3.10. The number of ether oxygens (including phenoxy) is 1. The van der Waals surface area contributed by atoms with Gasteiger partial charge in [0, 0.05) is 42.5 Å². The van der Waals surface area contributed by atoms with Gasteiger partial charge < -0.3 is 9.64 Å². The smallest absolute Gasteiger partial charge is 0.272 e. The minimum Gasteiger partial charge on any atom is -0.497 e. The van der Waals surface area contributed by atoms with Gasteiger partial charge in [-0.25, -0.2) is 9.97 Å². The van der Waals surface area contributed by atoms with Crippen LogP contribution in [0.15, 0.2) is 48.7 Å². The number of amides is 1. The summed E-state index contributed by atoms with van der Waals surface area (Å²) in [5.41, 5.74) is 4.59. The molecule has 2 aromatic heterocycles. The lowest BCUT2D eigenvalue weighted by Gasteiger charge is -2.19. The Labute approximate surface area is 164 Å². The van der Waals surface area contributed by atoms with Gasteiger partial charge in [0.25, 0.3) is 5.91 Å². The van der Waals surface area contributed by atoms with E-state index in [4.69, 9.17) is 9.72 Å². The first-order valence-corrected chi connectivity index (χ1v) is 9.37. The van der Waals surface area contributed by atoms with Crippen molar-refractivity contribution in [1.29, 1.82) is 0 Å². The van der Waals surface area contributed by atoms with Crippen LogP contribution in [0.5, 0.6) is 5.75 Å². The third kappa shape index (κ3) is 3.58. The lowest BCUT2D eigenvalue weighted by molar-refractivity contribution is 0.0757. The van der Waals surface area contributed by atoms with E-state index >= 15 is 0 Å². The lowest BCUT2D eigenvalue weighted by atomic mass is 10.0. The number of rotatable bonds is 3. The van der Waals surface area contributed by atoms with E-state index in [1.807, 2.05) is 48.2 Å². The second kappa shape index (κ2) is 7.76. The maximum Gasteiger partial charge on any atom is 0.272 e. The number of aromatic nitrogens is 3. The first kappa shape index (κ1) is 18.1. The van der Waals surface area contributed by atoms with Gasteiger partial charge >= 0.3 is 0 Å². The third-order valence-corrected chi connectivity index (χ3v) is 4.99. The molecule has 3 heterocycles. The summed E-state index contributed by atoms with van der Waals surface area (Å²) in [7, 11) is 1.66. The van der Waals surface area contributed by atoms with Gasteiger partial charge in [0.2, 0.25) is 0 Å². The first-order chi connectivity index (χ1) is 13.7. The Morgan fingerprint density at radius 3 is 2.54 bits per heavy atom. The predicted molar refractivity (Wildman–Crippen MR) is 106 cm³/mol. The molecule has 6 nitrogen and oxygen atoms in total. The highest BCUT2D eigenvalue weighted by molar-refractivity contribution is 5.92. The zero-order valence-electron chi connectivity index (χ0n) is 16.1. The van der Waals surface area contributed by atoms with E-state index in [0.717, 1.165) is 40.5 Å². The highest BCUT2D eigenvalue weighted by Gasteiger charge is 2.24. The van der Waals surface area contributed by atoms with Crippen LogP contribution in [0.3, 0.4) is 0 Å². The molecule has 0 saturated carbocycles. The van der Waals surface area contributed by atoms with Gasteiger partial charge in [-0.1, -0.05) is 6.07 Å². The SMILES string of the molecule is COc1ccc(-c2nc(C)nc3c2CCN(C(=O)c2ccccn2)CC3)cc1. The Hall–Kier alpha value is -3.28. The van der Waals surface area contributed by atoms with Crippen molar-refractivity contribution in [3.05, 3.63) is 71.4 Å². The van der Waals surface area contributed by atoms with Crippen molar-refractivity contribution in [3.8, 4) is 17.0 Å². The van der Waals surface area contributed by atoms with Crippen LogP contribution in [0.25, 0.3) is 11.3 Å². The molecule has 1 aliphatic heterocycles. The quantitative estimate of drug-likeness (QED) is 0.705. The van der Waals surface area contributed by atoms with Gasteiger partial charge in [0.15, 0.2) is 0 Å². The molecule has 3 aromatic rings. The van der Waals surface area contributed by atoms with Crippen molar-refractivity contribution >= 4 is 5.91 Å². The Bertz CT molecular complexity index is 987. The summed E-state index contributed by atoms with van der Waals surface area (Å²) in [5.74, 6) is 1.52. The molecule has 0 aliphatic carbocycles. The molecule has 1 amide bonds. The van der Waals surface area contributed by atoms with Crippen LogP contribution in [0.1, 0.15) is 27.6 Å². The molecule has 0 spiro atoms. The molecule has 6 heteroatoms. The van der Waals surface area contributed by atoms with E-state index < -0.39 is 0 Å². The molecule has 0 N–H and O–H groups in total. The second-order valence-electron chi connectivity index (χ2n) is 6.78. The number of carbonyl (C=O) groups is 1. The Morgan fingerprint density at radius 2 is 1.82 bits per heavy atom. The topological polar surface area (TPSA) is 68.2 Å². The highest BCUT2D eigenvalue weighted by atomic mass is 16.5. The molecule has 4 rings (SSSR count). The summed E-state index contributed by atoms with van der Waals surface area (Å²) in [6, 6.07) is 13.3. The Morgan fingerprint density at radius 1 is 1.04 bits per heavy atom. The number of pyridine rings is 1. The largest absolute Gasteiger partial charge is 0.497 e. The van der Waals surface area contributed by atoms with E-state index in [0.29, 0.717) is 25.2 Å². The summed E-state index contributed by atoms with van der Waals surface area (Å²) >= 11 is 0. The third-order valence-electron chi connectivity index (χ3n) is 4.99. The van der Waals surface area contributed by atoms with Crippen molar-refractivity contribution in [2.75, 3.05) is 20.2 Å². The summed E-state index contributed by atoms with van der Waals surface area (Å²) in [5, 5.41) is 0. The molecule has 0 fully saturated rings. The van der Waals surface area contributed by atoms with E-state index in [9.17, 15) is 4.79 Å². The molecule has 1 aromatic carbocycles. The van der Waals surface area contributed by atoms with E-state index in [2.05, 4.69) is 9.97 Å². The van der Waals surface area contributed by atoms with Crippen molar-refractivity contribution in [1.82, 2.24) is 19.9 Å². The lowest BCUT2D eigenvalue weighted by Crippen LogP contribution is -2.33. The number of hydrogen-bond donors (Lipinski definition) is 0. The number of carbonyl (C=O) groups excluding carboxylic acids is 1.